The van der Waals surface area contributed by atoms with Gasteiger partial charge in [-0.25, -0.2) is 9.07 Å². The van der Waals surface area contributed by atoms with Crippen LogP contribution >= 0.6 is 0 Å². The second-order valence-corrected chi connectivity index (χ2v) is 7.85. The number of halogens is 1. The van der Waals surface area contributed by atoms with Gasteiger partial charge in [-0.2, -0.15) is 4.98 Å². The Hall–Kier alpha value is -2.97. The van der Waals surface area contributed by atoms with Gasteiger partial charge < -0.3 is 19.9 Å². The largest absolute Gasteiger partial charge is 0.466 e. The van der Waals surface area contributed by atoms with Crippen LogP contribution in [0.2, 0.25) is 0 Å². The summed E-state index contributed by atoms with van der Waals surface area (Å²) < 4.78 is 26.0. The van der Waals surface area contributed by atoms with Crippen molar-refractivity contribution in [2.75, 3.05) is 25.6 Å². The molecule has 1 unspecified atom stereocenters. The summed E-state index contributed by atoms with van der Waals surface area (Å²) in [6.45, 7) is 6.46. The molecule has 0 saturated carbocycles. The minimum Gasteiger partial charge on any atom is -0.466 e. The van der Waals surface area contributed by atoms with Gasteiger partial charge in [0.25, 0.3) is 0 Å². The highest BCUT2D eigenvalue weighted by Gasteiger charge is 2.16. The maximum Gasteiger partial charge on any atom is 0.336 e. The molecule has 0 saturated heterocycles. The van der Waals surface area contributed by atoms with Crippen molar-refractivity contribution < 1.29 is 19.0 Å². The SMILES string of the molecule is COc1nc(-c2cccc(F)c2)n(-c2ccc(NCC(O)COC(C)(C)C)cc2)n1. The number of methoxy groups -OCH3 is 1. The summed E-state index contributed by atoms with van der Waals surface area (Å²) in [6, 6.07) is 13.8. The van der Waals surface area contributed by atoms with E-state index in [4.69, 9.17) is 9.47 Å². The summed E-state index contributed by atoms with van der Waals surface area (Å²) >= 11 is 0. The first kappa shape index (κ1) is 21.7. The highest BCUT2D eigenvalue weighted by atomic mass is 19.1. The Morgan fingerprint density at radius 2 is 1.90 bits per heavy atom. The summed E-state index contributed by atoms with van der Waals surface area (Å²) in [6.07, 6.45) is -0.622. The highest BCUT2D eigenvalue weighted by molar-refractivity contribution is 5.59. The maximum absolute atomic E-state index is 13.7. The van der Waals surface area contributed by atoms with Gasteiger partial charge in [0.15, 0.2) is 5.82 Å². The van der Waals surface area contributed by atoms with Crippen LogP contribution in [0, 0.1) is 5.82 Å². The van der Waals surface area contributed by atoms with Crippen LogP contribution in [0.5, 0.6) is 6.01 Å². The lowest BCUT2D eigenvalue weighted by Crippen LogP contribution is -2.30. The lowest BCUT2D eigenvalue weighted by molar-refractivity contribution is -0.0449. The Morgan fingerprint density at radius 3 is 2.53 bits per heavy atom. The van der Waals surface area contributed by atoms with E-state index in [0.29, 0.717) is 17.9 Å². The second-order valence-electron chi connectivity index (χ2n) is 7.85. The van der Waals surface area contributed by atoms with E-state index >= 15 is 0 Å². The molecule has 0 bridgehead atoms. The molecule has 1 heterocycles. The molecule has 2 aromatic carbocycles. The van der Waals surface area contributed by atoms with Gasteiger partial charge in [-0.05, 0) is 57.2 Å². The standard InChI is InChI=1S/C22H27FN4O3/c1-22(2,3)30-14-19(28)13-24-17-8-10-18(11-9-17)27-20(25-21(26-27)29-4)15-6-5-7-16(23)12-15/h5-12,19,24,28H,13-14H2,1-4H3. The molecule has 0 amide bonds. The van der Waals surface area contributed by atoms with Gasteiger partial charge in [0.05, 0.1) is 31.1 Å². The summed E-state index contributed by atoms with van der Waals surface area (Å²) in [7, 11) is 1.48. The van der Waals surface area contributed by atoms with Crippen molar-refractivity contribution >= 4 is 5.69 Å². The highest BCUT2D eigenvalue weighted by Crippen LogP contribution is 2.25. The van der Waals surface area contributed by atoms with Crippen LogP contribution in [0.25, 0.3) is 17.1 Å². The van der Waals surface area contributed by atoms with Crippen LogP contribution in [0.15, 0.2) is 48.5 Å². The van der Waals surface area contributed by atoms with Crippen LogP contribution in [0.1, 0.15) is 20.8 Å². The molecule has 0 aliphatic heterocycles. The Balaban J connectivity index is 1.73. The number of hydrogen-bond donors (Lipinski definition) is 2. The fraction of sp³-hybridized carbons (Fsp3) is 0.364. The van der Waals surface area contributed by atoms with E-state index < -0.39 is 6.10 Å². The molecule has 3 aromatic rings. The van der Waals surface area contributed by atoms with Crippen molar-refractivity contribution in [3.63, 3.8) is 0 Å². The third-order valence-corrected chi connectivity index (χ3v) is 4.22. The number of nitrogens with zero attached hydrogens (tertiary/aromatic N) is 3. The van der Waals surface area contributed by atoms with E-state index in [-0.39, 0.29) is 24.0 Å². The number of hydrogen-bond acceptors (Lipinski definition) is 6. The number of anilines is 1. The van der Waals surface area contributed by atoms with Crippen LogP contribution in [-0.4, -0.2) is 51.8 Å². The zero-order valence-electron chi connectivity index (χ0n) is 17.6. The van der Waals surface area contributed by atoms with Crippen LogP contribution < -0.4 is 10.1 Å². The summed E-state index contributed by atoms with van der Waals surface area (Å²) in [5, 5.41) is 17.6. The minimum absolute atomic E-state index is 0.193. The fourth-order valence-electron chi connectivity index (χ4n) is 2.74. The molecule has 8 heteroatoms. The topological polar surface area (TPSA) is 81.4 Å². The zero-order valence-corrected chi connectivity index (χ0v) is 17.6. The van der Waals surface area contributed by atoms with Gasteiger partial charge in [-0.15, -0.1) is 5.10 Å². The van der Waals surface area contributed by atoms with Gasteiger partial charge in [0.2, 0.25) is 0 Å². The van der Waals surface area contributed by atoms with E-state index in [1.165, 1.54) is 19.2 Å². The van der Waals surface area contributed by atoms with Crippen molar-refractivity contribution in [2.24, 2.45) is 0 Å². The van der Waals surface area contributed by atoms with Crippen LogP contribution in [0.4, 0.5) is 10.1 Å². The molecule has 1 atom stereocenters. The first-order valence-corrected chi connectivity index (χ1v) is 9.68. The average molecular weight is 414 g/mol. The Kier molecular flexibility index (Phi) is 6.69. The molecule has 2 N–H and O–H groups in total. The first-order chi connectivity index (χ1) is 14.2. The zero-order chi connectivity index (χ0) is 21.7. The number of aromatic nitrogens is 3. The van der Waals surface area contributed by atoms with Gasteiger partial charge in [-0.1, -0.05) is 12.1 Å². The van der Waals surface area contributed by atoms with Crippen molar-refractivity contribution in [2.45, 2.75) is 32.5 Å². The number of nitrogens with one attached hydrogen (secondary N) is 1. The number of aliphatic hydroxyl groups is 1. The summed E-state index contributed by atoms with van der Waals surface area (Å²) in [5.74, 6) is 0.122. The molecule has 0 spiro atoms. The van der Waals surface area contributed by atoms with Gasteiger partial charge in [0, 0.05) is 17.8 Å². The predicted molar refractivity (Wildman–Crippen MR) is 114 cm³/mol. The maximum atomic E-state index is 13.7. The smallest absolute Gasteiger partial charge is 0.336 e. The van der Waals surface area contributed by atoms with Crippen LogP contribution in [0.3, 0.4) is 0 Å². The second kappa shape index (κ2) is 9.23. The van der Waals surface area contributed by atoms with E-state index in [1.54, 1.807) is 16.8 Å². The fourth-order valence-corrected chi connectivity index (χ4v) is 2.74. The lowest BCUT2D eigenvalue weighted by Gasteiger charge is -2.22. The van der Waals surface area contributed by atoms with E-state index in [2.05, 4.69) is 15.4 Å². The van der Waals surface area contributed by atoms with Crippen molar-refractivity contribution in [3.8, 4) is 23.1 Å². The number of benzene rings is 2. The molecule has 160 valence electrons. The molecular weight excluding hydrogens is 387 g/mol. The van der Waals surface area contributed by atoms with E-state index in [1.807, 2.05) is 45.0 Å². The Bertz CT molecular complexity index is 967. The molecule has 7 nitrogen and oxygen atoms in total. The van der Waals surface area contributed by atoms with Crippen molar-refractivity contribution in [1.29, 1.82) is 0 Å². The quantitative estimate of drug-likeness (QED) is 0.585. The van der Waals surface area contributed by atoms with Gasteiger partial charge >= 0.3 is 6.01 Å². The monoisotopic (exact) mass is 414 g/mol. The normalized spacial score (nSPS) is 12.6. The molecule has 0 aliphatic carbocycles. The van der Waals surface area contributed by atoms with Gasteiger partial charge in [-0.3, -0.25) is 0 Å². The van der Waals surface area contributed by atoms with Crippen LogP contribution in [-0.2, 0) is 4.74 Å². The third kappa shape index (κ3) is 5.77. The van der Waals surface area contributed by atoms with Gasteiger partial charge in [0.1, 0.15) is 5.82 Å². The number of aliphatic hydroxyl groups excluding tert-OH is 1. The summed E-state index contributed by atoms with van der Waals surface area (Å²) in [4.78, 5) is 4.34. The number of rotatable bonds is 8. The molecular formula is C22H27FN4O3. The Morgan fingerprint density at radius 1 is 1.17 bits per heavy atom. The average Bonchev–Trinajstić information content (AvgIpc) is 3.15. The minimum atomic E-state index is -0.622. The lowest BCUT2D eigenvalue weighted by atomic mass is 10.2. The van der Waals surface area contributed by atoms with E-state index in [0.717, 1.165) is 11.4 Å². The molecule has 3 rings (SSSR count). The molecule has 30 heavy (non-hydrogen) atoms. The third-order valence-electron chi connectivity index (χ3n) is 4.22. The Labute approximate surface area is 175 Å². The first-order valence-electron chi connectivity index (χ1n) is 9.68. The summed E-state index contributed by atoms with van der Waals surface area (Å²) in [5.41, 5.74) is 1.89. The molecule has 0 fully saturated rings. The van der Waals surface area contributed by atoms with Crippen molar-refractivity contribution in [3.05, 3.63) is 54.3 Å². The molecule has 0 aliphatic rings. The van der Waals surface area contributed by atoms with E-state index in [9.17, 15) is 9.50 Å². The molecule has 0 radical (unpaired) electrons. The molecule has 1 aromatic heterocycles. The predicted octanol–water partition coefficient (Wildman–Crippen LogP) is 3.67. The van der Waals surface area contributed by atoms with Crippen molar-refractivity contribution in [1.82, 2.24) is 14.8 Å². The number of ether oxygens (including phenoxy) is 2.